The first-order valence-corrected chi connectivity index (χ1v) is 9.71. The molecule has 8 heteroatoms. The highest BCUT2D eigenvalue weighted by atomic mass is 35.5. The van der Waals surface area contributed by atoms with Gasteiger partial charge in [-0.05, 0) is 47.0 Å². The molecule has 134 valence electrons. The maximum absolute atomic E-state index is 14.0. The Kier molecular flexibility index (Phi) is 5.07. The Balaban J connectivity index is 1.95. The zero-order chi connectivity index (χ0) is 19.1. The fourth-order valence-corrected chi connectivity index (χ4v) is 3.84. The van der Waals surface area contributed by atoms with Crippen molar-refractivity contribution in [2.75, 3.05) is 0 Å². The molecule has 3 nitrogen and oxygen atoms in total. The number of hydrogen-bond acceptors (Lipinski definition) is 3. The van der Waals surface area contributed by atoms with E-state index in [2.05, 4.69) is 0 Å². The molecule has 1 unspecified atom stereocenters. The first-order chi connectivity index (χ1) is 12.2. The molecule has 0 heterocycles. The first kappa shape index (κ1) is 18.8. The van der Waals surface area contributed by atoms with E-state index in [4.69, 9.17) is 29.0 Å². The van der Waals surface area contributed by atoms with Crippen molar-refractivity contribution in [1.82, 2.24) is 0 Å². The largest absolute Gasteiger partial charge is 0.243 e. The van der Waals surface area contributed by atoms with Gasteiger partial charge in [0.15, 0.2) is 4.90 Å². The van der Waals surface area contributed by atoms with Crippen molar-refractivity contribution in [1.29, 1.82) is 0 Å². The zero-order valence-corrected chi connectivity index (χ0v) is 15.5. The lowest BCUT2D eigenvalue weighted by molar-refractivity contribution is 0.519. The second kappa shape index (κ2) is 7.00. The number of thiocarbonyl (C=S) groups is 1. The average Bonchev–Trinajstić information content (AvgIpc) is 2.53. The van der Waals surface area contributed by atoms with E-state index in [1.807, 2.05) is 18.2 Å². The summed E-state index contributed by atoms with van der Waals surface area (Å²) in [5.74, 6) is -2.66. The number of hydrogen-bond donors (Lipinski definition) is 1. The minimum atomic E-state index is -4.49. The van der Waals surface area contributed by atoms with Crippen LogP contribution in [0.25, 0.3) is 5.57 Å². The molecule has 2 aromatic carbocycles. The van der Waals surface area contributed by atoms with Gasteiger partial charge in [-0.1, -0.05) is 48.1 Å². The summed E-state index contributed by atoms with van der Waals surface area (Å²) >= 11 is 11.3. The van der Waals surface area contributed by atoms with Crippen LogP contribution < -0.4 is 5.14 Å². The van der Waals surface area contributed by atoms with Gasteiger partial charge in [0, 0.05) is 15.8 Å². The van der Waals surface area contributed by atoms with Crippen molar-refractivity contribution in [3.63, 3.8) is 0 Å². The molecule has 1 aliphatic rings. The molecule has 1 aliphatic carbocycles. The van der Waals surface area contributed by atoms with Crippen LogP contribution in [0, 0.1) is 11.6 Å². The molecule has 0 saturated carbocycles. The second-order valence-electron chi connectivity index (χ2n) is 5.70. The van der Waals surface area contributed by atoms with Gasteiger partial charge in [-0.15, -0.1) is 0 Å². The van der Waals surface area contributed by atoms with Gasteiger partial charge in [0.25, 0.3) is 0 Å². The average molecular weight is 412 g/mol. The molecule has 0 radical (unpaired) electrons. The number of halogens is 3. The zero-order valence-electron chi connectivity index (χ0n) is 13.1. The summed E-state index contributed by atoms with van der Waals surface area (Å²) < 4.78 is 50.6. The van der Waals surface area contributed by atoms with E-state index in [0.717, 1.165) is 17.7 Å². The van der Waals surface area contributed by atoms with Gasteiger partial charge in [-0.25, -0.2) is 22.3 Å². The second-order valence-corrected chi connectivity index (χ2v) is 8.11. The van der Waals surface area contributed by atoms with Crippen molar-refractivity contribution < 1.29 is 17.2 Å². The summed E-state index contributed by atoms with van der Waals surface area (Å²) in [7, 11) is -4.49. The molecule has 0 saturated heterocycles. The van der Waals surface area contributed by atoms with Crippen LogP contribution in [0.2, 0.25) is 5.02 Å². The van der Waals surface area contributed by atoms with Crippen LogP contribution in [0.5, 0.6) is 0 Å². The third kappa shape index (κ3) is 3.76. The molecule has 2 N–H and O–H groups in total. The normalized spacial score (nSPS) is 17.3. The minimum absolute atomic E-state index is 0.163. The van der Waals surface area contributed by atoms with Gasteiger partial charge in [-0.2, -0.15) is 0 Å². The highest BCUT2D eigenvalue weighted by molar-refractivity contribution is 7.89. The van der Waals surface area contributed by atoms with Crippen LogP contribution in [-0.4, -0.2) is 13.3 Å². The van der Waals surface area contributed by atoms with Crippen LogP contribution >= 0.6 is 23.8 Å². The number of sulfonamides is 1. The maximum Gasteiger partial charge on any atom is 0.243 e. The first-order valence-electron chi connectivity index (χ1n) is 7.38. The lowest BCUT2D eigenvalue weighted by Gasteiger charge is -2.18. The number of nitrogens with two attached hydrogens (primary N) is 1. The lowest BCUT2D eigenvalue weighted by Crippen LogP contribution is -2.16. The fraction of sp³-hybridized carbons (Fsp3) is 0.0556. The fourth-order valence-electron chi connectivity index (χ4n) is 2.71. The molecule has 0 amide bonds. The third-order valence-corrected chi connectivity index (χ3v) is 5.50. The molecule has 1 atom stereocenters. The summed E-state index contributed by atoms with van der Waals surface area (Å²) in [4.78, 5) is -0.593. The molecule has 0 aliphatic heterocycles. The molecular formula is C18H12ClF2NO2S2. The van der Waals surface area contributed by atoms with Crippen molar-refractivity contribution in [3.05, 3.63) is 82.4 Å². The molecule has 3 rings (SSSR count). The highest BCUT2D eigenvalue weighted by Crippen LogP contribution is 2.31. The SMILES string of the molecule is NS(=O)(=O)c1c(F)cc(C2=CC(=S)C(c3ccc(Cl)cc3)C=C2)cc1F. The number of primary sulfonamides is 1. The predicted octanol–water partition coefficient (Wildman–Crippen LogP) is 4.37. The molecule has 0 spiro atoms. The van der Waals surface area contributed by atoms with Crippen molar-refractivity contribution in [3.8, 4) is 0 Å². The van der Waals surface area contributed by atoms with Gasteiger partial charge in [0.2, 0.25) is 10.0 Å². The quantitative estimate of drug-likeness (QED) is 0.763. The van der Waals surface area contributed by atoms with E-state index >= 15 is 0 Å². The van der Waals surface area contributed by atoms with Crippen molar-refractivity contribution in [2.45, 2.75) is 10.8 Å². The van der Waals surface area contributed by atoms with Crippen LogP contribution in [0.15, 0.2) is 59.5 Å². The van der Waals surface area contributed by atoms with Crippen LogP contribution in [0.3, 0.4) is 0 Å². The van der Waals surface area contributed by atoms with Gasteiger partial charge in [-0.3, -0.25) is 0 Å². The Morgan fingerprint density at radius 2 is 1.65 bits per heavy atom. The molecule has 0 bridgehead atoms. The Hall–Kier alpha value is -1.93. The van der Waals surface area contributed by atoms with E-state index in [0.29, 0.717) is 15.5 Å². The topological polar surface area (TPSA) is 60.2 Å². The molecule has 26 heavy (non-hydrogen) atoms. The molecular weight excluding hydrogens is 400 g/mol. The van der Waals surface area contributed by atoms with Crippen molar-refractivity contribution in [2.24, 2.45) is 5.14 Å². The smallest absolute Gasteiger partial charge is 0.224 e. The van der Waals surface area contributed by atoms with Gasteiger partial charge >= 0.3 is 0 Å². The summed E-state index contributed by atoms with van der Waals surface area (Å²) in [6, 6.07) is 9.05. The van der Waals surface area contributed by atoms with Crippen LogP contribution in [0.1, 0.15) is 17.0 Å². The summed E-state index contributed by atoms with van der Waals surface area (Å²) in [6.45, 7) is 0. The maximum atomic E-state index is 14.0. The summed E-state index contributed by atoms with van der Waals surface area (Å²) in [5.41, 5.74) is 1.58. The van der Waals surface area contributed by atoms with Crippen molar-refractivity contribution >= 4 is 44.3 Å². The Labute approximate surface area is 159 Å². The lowest BCUT2D eigenvalue weighted by atomic mass is 9.88. The molecule has 0 aromatic heterocycles. The Bertz CT molecular complexity index is 1040. The highest BCUT2D eigenvalue weighted by Gasteiger charge is 2.23. The monoisotopic (exact) mass is 411 g/mol. The van der Waals surface area contributed by atoms with Gasteiger partial charge < -0.3 is 0 Å². The molecule has 2 aromatic rings. The van der Waals surface area contributed by atoms with E-state index in [1.165, 1.54) is 0 Å². The number of benzene rings is 2. The van der Waals surface area contributed by atoms with E-state index in [9.17, 15) is 17.2 Å². The summed E-state index contributed by atoms with van der Waals surface area (Å²) in [6.07, 6.45) is 5.11. The Morgan fingerprint density at radius 1 is 1.08 bits per heavy atom. The van der Waals surface area contributed by atoms with Gasteiger partial charge in [0.05, 0.1) is 0 Å². The predicted molar refractivity (Wildman–Crippen MR) is 102 cm³/mol. The van der Waals surface area contributed by atoms with E-state index in [1.54, 1.807) is 24.3 Å². The van der Waals surface area contributed by atoms with Crippen LogP contribution in [-0.2, 0) is 10.0 Å². The van der Waals surface area contributed by atoms with E-state index in [-0.39, 0.29) is 11.5 Å². The standard InChI is InChI=1S/C18H12ClF2NO2S2/c19-13-4-1-10(2-5-13)14-6-3-11(9-17(14)25)12-7-15(20)18(16(21)8-12)26(22,23)24/h1-9,14H,(H2,22,23,24). The van der Waals surface area contributed by atoms with E-state index < -0.39 is 26.6 Å². The van der Waals surface area contributed by atoms with Gasteiger partial charge in [0.1, 0.15) is 11.6 Å². The number of allylic oxidation sites excluding steroid dienone is 4. The summed E-state index contributed by atoms with van der Waals surface area (Å²) in [5, 5.41) is 5.44. The van der Waals surface area contributed by atoms with Crippen LogP contribution in [0.4, 0.5) is 8.78 Å². The number of rotatable bonds is 3. The molecule has 0 fully saturated rings. The Morgan fingerprint density at radius 3 is 2.15 bits per heavy atom. The minimum Gasteiger partial charge on any atom is -0.224 e. The third-order valence-electron chi connectivity index (χ3n) is 3.92.